The summed E-state index contributed by atoms with van der Waals surface area (Å²) >= 11 is 0. The molecule has 6 nitrogen and oxygen atoms in total. The highest BCUT2D eigenvalue weighted by atomic mass is 32.2. The number of amides is 1. The summed E-state index contributed by atoms with van der Waals surface area (Å²) in [5.74, 6) is -0.308. The zero-order chi connectivity index (χ0) is 17.0. The van der Waals surface area contributed by atoms with Crippen LogP contribution in [0.15, 0.2) is 42.5 Å². The van der Waals surface area contributed by atoms with Crippen LogP contribution < -0.4 is 10.0 Å². The van der Waals surface area contributed by atoms with E-state index in [0.29, 0.717) is 28.1 Å². The van der Waals surface area contributed by atoms with Crippen LogP contribution in [0.4, 0.5) is 11.4 Å². The van der Waals surface area contributed by atoms with Crippen molar-refractivity contribution in [2.45, 2.75) is 6.92 Å². The van der Waals surface area contributed by atoms with Crippen molar-refractivity contribution in [3.63, 3.8) is 0 Å². The highest BCUT2D eigenvalue weighted by molar-refractivity contribution is 7.92. The third-order valence-corrected chi connectivity index (χ3v) is 3.65. The van der Waals surface area contributed by atoms with E-state index >= 15 is 0 Å². The average Bonchev–Trinajstić information content (AvgIpc) is 2.49. The lowest BCUT2D eigenvalue weighted by molar-refractivity contribution is 0.102. The number of aryl methyl sites for hydroxylation is 1. The second-order valence-electron chi connectivity index (χ2n) is 5.05. The number of sulfonamides is 1. The molecule has 0 atom stereocenters. The van der Waals surface area contributed by atoms with E-state index in [1.54, 1.807) is 49.4 Å². The molecule has 1 amide bonds. The highest BCUT2D eigenvalue weighted by Crippen LogP contribution is 2.21. The van der Waals surface area contributed by atoms with Crippen molar-refractivity contribution in [3.8, 4) is 6.07 Å². The van der Waals surface area contributed by atoms with Gasteiger partial charge in [-0.3, -0.25) is 9.52 Å². The summed E-state index contributed by atoms with van der Waals surface area (Å²) in [6.07, 6.45) is 1.08. The predicted octanol–water partition coefficient (Wildman–Crippen LogP) is 2.49. The maximum atomic E-state index is 12.1. The Labute approximate surface area is 134 Å². The first kappa shape index (κ1) is 16.5. The number of carbonyl (C=O) groups excluding carboxylic acids is 1. The van der Waals surface area contributed by atoms with Crippen molar-refractivity contribution in [2.24, 2.45) is 0 Å². The molecule has 2 aromatic carbocycles. The summed E-state index contributed by atoms with van der Waals surface area (Å²) in [6, 6.07) is 13.1. The van der Waals surface area contributed by atoms with Crippen LogP contribution in [0, 0.1) is 18.3 Å². The summed E-state index contributed by atoms with van der Waals surface area (Å²) in [5.41, 5.74) is 2.61. The lowest BCUT2D eigenvalue weighted by Crippen LogP contribution is -2.13. The fraction of sp³-hybridized carbons (Fsp3) is 0.125. The molecular weight excluding hydrogens is 314 g/mol. The number of hydrogen-bond acceptors (Lipinski definition) is 4. The van der Waals surface area contributed by atoms with Crippen LogP contribution in [0.5, 0.6) is 0 Å². The van der Waals surface area contributed by atoms with Crippen molar-refractivity contribution in [1.82, 2.24) is 0 Å². The molecule has 23 heavy (non-hydrogen) atoms. The van der Waals surface area contributed by atoms with Gasteiger partial charge in [0.05, 0.1) is 23.6 Å². The van der Waals surface area contributed by atoms with Crippen molar-refractivity contribution in [1.29, 1.82) is 5.26 Å². The van der Waals surface area contributed by atoms with E-state index in [-0.39, 0.29) is 5.91 Å². The first-order valence-corrected chi connectivity index (χ1v) is 8.57. The molecule has 118 valence electrons. The molecule has 0 aromatic heterocycles. The zero-order valence-corrected chi connectivity index (χ0v) is 13.4. The van der Waals surface area contributed by atoms with Gasteiger partial charge in [-0.25, -0.2) is 8.42 Å². The smallest absolute Gasteiger partial charge is 0.255 e. The molecule has 2 N–H and O–H groups in total. The number of nitrogens with zero attached hydrogens (tertiary/aromatic N) is 1. The fourth-order valence-corrected chi connectivity index (χ4v) is 2.58. The molecule has 0 heterocycles. The molecule has 0 radical (unpaired) electrons. The minimum absolute atomic E-state index is 0.308. The van der Waals surface area contributed by atoms with Crippen LogP contribution in [0.2, 0.25) is 0 Å². The Morgan fingerprint density at radius 2 is 1.78 bits per heavy atom. The molecule has 0 bridgehead atoms. The molecule has 0 saturated carbocycles. The van der Waals surface area contributed by atoms with Crippen LogP contribution in [0.3, 0.4) is 0 Å². The largest absolute Gasteiger partial charge is 0.322 e. The van der Waals surface area contributed by atoms with Gasteiger partial charge >= 0.3 is 0 Å². The van der Waals surface area contributed by atoms with Gasteiger partial charge in [0.2, 0.25) is 10.0 Å². The summed E-state index contributed by atoms with van der Waals surface area (Å²) < 4.78 is 24.9. The van der Waals surface area contributed by atoms with Crippen molar-refractivity contribution in [2.75, 3.05) is 16.3 Å². The third-order valence-electron chi connectivity index (χ3n) is 3.06. The molecule has 2 rings (SSSR count). The number of hydrogen-bond donors (Lipinski definition) is 2. The topological polar surface area (TPSA) is 99.1 Å². The number of anilines is 2. The second-order valence-corrected chi connectivity index (χ2v) is 6.80. The lowest BCUT2D eigenvalue weighted by Gasteiger charge is -2.11. The molecular formula is C16H15N3O3S. The number of nitrogens with one attached hydrogen (secondary N) is 2. The van der Waals surface area contributed by atoms with Gasteiger partial charge in [0.15, 0.2) is 0 Å². The Balaban J connectivity index is 2.15. The van der Waals surface area contributed by atoms with Gasteiger partial charge in [0.25, 0.3) is 5.91 Å². The molecule has 2 aromatic rings. The first-order chi connectivity index (χ1) is 10.8. The fourth-order valence-electron chi connectivity index (χ4n) is 1.96. The van der Waals surface area contributed by atoms with Gasteiger partial charge < -0.3 is 5.32 Å². The molecule has 0 spiro atoms. The molecule has 0 saturated heterocycles. The van der Waals surface area contributed by atoms with Crippen LogP contribution >= 0.6 is 0 Å². The number of nitriles is 1. The summed E-state index contributed by atoms with van der Waals surface area (Å²) in [6.45, 7) is 1.74. The molecule has 0 aliphatic rings. The van der Waals surface area contributed by atoms with Crippen LogP contribution in [-0.2, 0) is 10.0 Å². The van der Waals surface area contributed by atoms with Gasteiger partial charge in [0.1, 0.15) is 0 Å². The molecule has 0 aliphatic heterocycles. The summed E-state index contributed by atoms with van der Waals surface area (Å²) in [5, 5.41) is 11.5. The quantitative estimate of drug-likeness (QED) is 0.900. The number of benzene rings is 2. The van der Waals surface area contributed by atoms with Crippen molar-refractivity contribution < 1.29 is 13.2 Å². The molecule has 7 heteroatoms. The third kappa shape index (κ3) is 4.56. The SMILES string of the molecule is Cc1cc(NC(=O)c2ccc(C#N)cc2)ccc1NS(C)(=O)=O. The van der Waals surface area contributed by atoms with Gasteiger partial charge in [-0.05, 0) is 55.0 Å². The Morgan fingerprint density at radius 1 is 1.13 bits per heavy atom. The maximum Gasteiger partial charge on any atom is 0.255 e. The van der Waals surface area contributed by atoms with E-state index < -0.39 is 10.0 Å². The van der Waals surface area contributed by atoms with Gasteiger partial charge in [-0.1, -0.05) is 0 Å². The van der Waals surface area contributed by atoms with Crippen LogP contribution in [0.1, 0.15) is 21.5 Å². The second kappa shape index (κ2) is 6.50. The summed E-state index contributed by atoms with van der Waals surface area (Å²) in [7, 11) is -3.35. The molecule has 0 unspecified atom stereocenters. The lowest BCUT2D eigenvalue weighted by atomic mass is 10.1. The predicted molar refractivity (Wildman–Crippen MR) is 88.8 cm³/mol. The van der Waals surface area contributed by atoms with E-state index in [1.807, 2.05) is 6.07 Å². The van der Waals surface area contributed by atoms with Crippen LogP contribution in [0.25, 0.3) is 0 Å². The van der Waals surface area contributed by atoms with Gasteiger partial charge in [0, 0.05) is 11.3 Å². The summed E-state index contributed by atoms with van der Waals surface area (Å²) in [4.78, 5) is 12.1. The Kier molecular flexibility index (Phi) is 4.67. The van der Waals surface area contributed by atoms with Gasteiger partial charge in [-0.2, -0.15) is 5.26 Å². The average molecular weight is 329 g/mol. The monoisotopic (exact) mass is 329 g/mol. The normalized spacial score (nSPS) is 10.7. The Bertz CT molecular complexity index is 882. The Hall–Kier alpha value is -2.85. The molecule has 0 aliphatic carbocycles. The van der Waals surface area contributed by atoms with E-state index in [2.05, 4.69) is 10.0 Å². The number of carbonyl (C=O) groups is 1. The van der Waals surface area contributed by atoms with Crippen molar-refractivity contribution >= 4 is 27.3 Å². The highest BCUT2D eigenvalue weighted by Gasteiger charge is 2.09. The standard InChI is InChI=1S/C16H15N3O3S/c1-11-9-14(7-8-15(11)19-23(2,21)22)18-16(20)13-5-3-12(10-17)4-6-13/h3-9,19H,1-2H3,(H,18,20). The Morgan fingerprint density at radius 3 is 2.30 bits per heavy atom. The molecule has 0 fully saturated rings. The van der Waals surface area contributed by atoms with Gasteiger partial charge in [-0.15, -0.1) is 0 Å². The van der Waals surface area contributed by atoms with E-state index in [1.165, 1.54) is 0 Å². The maximum absolute atomic E-state index is 12.1. The van der Waals surface area contributed by atoms with E-state index in [9.17, 15) is 13.2 Å². The van der Waals surface area contributed by atoms with Crippen LogP contribution in [-0.4, -0.2) is 20.6 Å². The minimum atomic E-state index is -3.35. The zero-order valence-electron chi connectivity index (χ0n) is 12.6. The van der Waals surface area contributed by atoms with E-state index in [4.69, 9.17) is 5.26 Å². The number of rotatable bonds is 4. The van der Waals surface area contributed by atoms with E-state index in [0.717, 1.165) is 6.26 Å². The van der Waals surface area contributed by atoms with Crippen molar-refractivity contribution in [3.05, 3.63) is 59.2 Å². The minimum Gasteiger partial charge on any atom is -0.322 e. The first-order valence-electron chi connectivity index (χ1n) is 6.68.